The van der Waals surface area contributed by atoms with E-state index in [2.05, 4.69) is 19.6 Å². The second-order valence-electron chi connectivity index (χ2n) is 6.54. The van der Waals surface area contributed by atoms with E-state index in [0.717, 1.165) is 41.3 Å². The number of rotatable bonds is 2. The summed E-state index contributed by atoms with van der Waals surface area (Å²) in [5.74, 6) is 1.54. The van der Waals surface area contributed by atoms with Gasteiger partial charge in [-0.05, 0) is 43.9 Å². The minimum atomic E-state index is -0.585. The van der Waals surface area contributed by atoms with Crippen molar-refractivity contribution in [2.24, 2.45) is 5.92 Å². The molecule has 1 saturated carbocycles. The lowest BCUT2D eigenvalue weighted by Gasteiger charge is -2.09. The summed E-state index contributed by atoms with van der Waals surface area (Å²) in [4.78, 5) is 9.09. The van der Waals surface area contributed by atoms with Gasteiger partial charge in [0.15, 0.2) is 11.6 Å². The first-order valence-corrected chi connectivity index (χ1v) is 8.45. The summed E-state index contributed by atoms with van der Waals surface area (Å²) in [5.41, 5.74) is 3.91. The first-order valence-electron chi connectivity index (χ1n) is 8.08. The van der Waals surface area contributed by atoms with Gasteiger partial charge in [0.2, 0.25) is 0 Å². The van der Waals surface area contributed by atoms with Crippen LogP contribution in [0.3, 0.4) is 0 Å². The average Bonchev–Trinajstić information content (AvgIpc) is 3.27. The Morgan fingerprint density at radius 1 is 1.32 bits per heavy atom. The Hall–Kier alpha value is -1.89. The fourth-order valence-corrected chi connectivity index (χ4v) is 3.49. The number of aryl methyl sites for hydroxylation is 1. The molecule has 3 aromatic rings. The van der Waals surface area contributed by atoms with Crippen molar-refractivity contribution >= 4 is 24.0 Å². The molecule has 2 aliphatic rings. The second kappa shape index (κ2) is 5.83. The van der Waals surface area contributed by atoms with Gasteiger partial charge >= 0.3 is 0 Å². The van der Waals surface area contributed by atoms with Crippen LogP contribution in [0.4, 0.5) is 0 Å². The van der Waals surface area contributed by atoms with Crippen molar-refractivity contribution in [2.75, 3.05) is 0 Å². The maximum absolute atomic E-state index is 10.4. The highest BCUT2D eigenvalue weighted by Crippen LogP contribution is 2.41. The molecule has 0 spiro atoms. The number of fused-ring (bicyclic) bond motifs is 5. The minimum Gasteiger partial charge on any atom is -0.385 e. The van der Waals surface area contributed by atoms with Crippen LogP contribution in [0, 0.1) is 12.8 Å². The van der Waals surface area contributed by atoms with Gasteiger partial charge in [-0.1, -0.05) is 11.6 Å². The second-order valence-corrected chi connectivity index (χ2v) is 6.98. The summed E-state index contributed by atoms with van der Waals surface area (Å²) in [7, 11) is 0. The zero-order valence-electron chi connectivity index (χ0n) is 13.6. The Labute approximate surface area is 155 Å². The standard InChI is InChI=1S/C17H16ClN5O.ClH/c1-9-14-7-23-17(20-16(21-23)15(24)10-2-3-10)12-6-11(18)4-5-13(12)22(14)8-19-9;/h4-6,8,10,15,24H,2-3,7H2,1H3;1H. The van der Waals surface area contributed by atoms with Crippen LogP contribution >= 0.6 is 24.0 Å². The van der Waals surface area contributed by atoms with Crippen LogP contribution in [0.25, 0.3) is 17.1 Å². The average molecular weight is 378 g/mol. The van der Waals surface area contributed by atoms with E-state index in [4.69, 9.17) is 11.6 Å². The predicted octanol–water partition coefficient (Wildman–Crippen LogP) is 3.32. The highest BCUT2D eigenvalue weighted by Gasteiger charge is 2.35. The molecule has 1 atom stereocenters. The monoisotopic (exact) mass is 377 g/mol. The van der Waals surface area contributed by atoms with Gasteiger partial charge in [-0.25, -0.2) is 14.6 Å². The molecule has 3 heterocycles. The summed E-state index contributed by atoms with van der Waals surface area (Å²) in [6.45, 7) is 2.56. The highest BCUT2D eigenvalue weighted by atomic mass is 35.5. The van der Waals surface area contributed by atoms with Gasteiger partial charge in [0.25, 0.3) is 0 Å². The molecule has 2 aromatic heterocycles. The van der Waals surface area contributed by atoms with Crippen LogP contribution in [0.5, 0.6) is 0 Å². The first-order chi connectivity index (χ1) is 11.6. The largest absolute Gasteiger partial charge is 0.385 e. The third kappa shape index (κ3) is 2.56. The summed E-state index contributed by atoms with van der Waals surface area (Å²) in [6, 6.07) is 5.74. The molecular formula is C17H17Cl2N5O. The zero-order chi connectivity index (χ0) is 16.4. The smallest absolute Gasteiger partial charge is 0.180 e. The molecule has 25 heavy (non-hydrogen) atoms. The summed E-state index contributed by atoms with van der Waals surface area (Å²) in [6.07, 6.45) is 3.32. The maximum Gasteiger partial charge on any atom is 0.180 e. The molecule has 0 saturated heterocycles. The maximum atomic E-state index is 10.4. The number of aliphatic hydroxyl groups excluding tert-OH is 1. The number of halogens is 2. The number of nitrogens with zero attached hydrogens (tertiary/aromatic N) is 5. The first kappa shape index (κ1) is 16.6. The Kier molecular flexibility index (Phi) is 3.86. The van der Waals surface area contributed by atoms with Gasteiger partial charge in [0.05, 0.1) is 29.9 Å². The molecule has 8 heteroatoms. The molecule has 0 amide bonds. The van der Waals surface area contributed by atoms with Crippen molar-refractivity contribution in [3.8, 4) is 17.1 Å². The van der Waals surface area contributed by atoms with E-state index in [1.54, 1.807) is 0 Å². The predicted molar refractivity (Wildman–Crippen MR) is 96.4 cm³/mol. The van der Waals surface area contributed by atoms with E-state index in [1.165, 1.54) is 0 Å². The summed E-state index contributed by atoms with van der Waals surface area (Å²) < 4.78 is 3.91. The molecular weight excluding hydrogens is 361 g/mol. The number of imidazole rings is 1. The van der Waals surface area contributed by atoms with E-state index in [9.17, 15) is 5.11 Å². The van der Waals surface area contributed by atoms with E-state index < -0.39 is 6.10 Å². The quantitative estimate of drug-likeness (QED) is 0.581. The Morgan fingerprint density at radius 3 is 2.88 bits per heavy atom. The topological polar surface area (TPSA) is 68.8 Å². The molecule has 130 valence electrons. The molecule has 1 aliphatic heterocycles. The number of hydrogen-bond acceptors (Lipinski definition) is 4. The Balaban J connectivity index is 0.00000157. The van der Waals surface area contributed by atoms with E-state index >= 15 is 0 Å². The van der Waals surface area contributed by atoms with Gasteiger partial charge in [-0.15, -0.1) is 12.4 Å². The molecule has 1 aliphatic carbocycles. The zero-order valence-corrected chi connectivity index (χ0v) is 15.1. The Morgan fingerprint density at radius 2 is 2.12 bits per heavy atom. The SMILES string of the molecule is Cc1ncn2c1Cn1nc(C(O)C3CC3)nc1-c1cc(Cl)ccc1-2.Cl. The van der Waals surface area contributed by atoms with Crippen LogP contribution in [0.2, 0.25) is 5.02 Å². The molecule has 6 nitrogen and oxygen atoms in total. The number of aromatic nitrogens is 5. The van der Waals surface area contributed by atoms with E-state index in [-0.39, 0.29) is 12.4 Å². The molecule has 0 bridgehead atoms. The van der Waals surface area contributed by atoms with Crippen molar-refractivity contribution in [3.63, 3.8) is 0 Å². The molecule has 1 N–H and O–H groups in total. The van der Waals surface area contributed by atoms with Gasteiger partial charge in [0, 0.05) is 10.6 Å². The van der Waals surface area contributed by atoms with Crippen LogP contribution in [-0.4, -0.2) is 29.4 Å². The number of hydrogen-bond donors (Lipinski definition) is 1. The van der Waals surface area contributed by atoms with Crippen molar-refractivity contribution in [1.29, 1.82) is 0 Å². The van der Waals surface area contributed by atoms with Crippen LogP contribution < -0.4 is 0 Å². The fraction of sp³-hybridized carbons (Fsp3) is 0.353. The van der Waals surface area contributed by atoms with E-state index in [1.807, 2.05) is 36.1 Å². The van der Waals surface area contributed by atoms with Gasteiger partial charge in [-0.2, -0.15) is 5.10 Å². The van der Waals surface area contributed by atoms with Gasteiger partial charge < -0.3 is 9.67 Å². The third-order valence-electron chi connectivity index (χ3n) is 4.86. The summed E-state index contributed by atoms with van der Waals surface area (Å²) in [5, 5.41) is 15.6. The van der Waals surface area contributed by atoms with Gasteiger partial charge in [0.1, 0.15) is 6.10 Å². The van der Waals surface area contributed by atoms with Crippen molar-refractivity contribution in [3.05, 3.63) is 46.8 Å². The normalized spacial score (nSPS) is 16.3. The molecule has 0 radical (unpaired) electrons. The van der Waals surface area contributed by atoms with Crippen molar-refractivity contribution < 1.29 is 5.11 Å². The van der Waals surface area contributed by atoms with Gasteiger partial charge in [-0.3, -0.25) is 0 Å². The lowest BCUT2D eigenvalue weighted by atomic mass is 10.1. The number of aliphatic hydroxyl groups is 1. The summed E-state index contributed by atoms with van der Waals surface area (Å²) >= 11 is 6.23. The minimum absolute atomic E-state index is 0. The third-order valence-corrected chi connectivity index (χ3v) is 5.09. The number of benzene rings is 1. The molecule has 5 rings (SSSR count). The lowest BCUT2D eigenvalue weighted by molar-refractivity contribution is 0.144. The Bertz CT molecular complexity index is 960. The highest BCUT2D eigenvalue weighted by molar-refractivity contribution is 6.31. The van der Waals surface area contributed by atoms with Crippen LogP contribution in [0.1, 0.15) is 36.2 Å². The van der Waals surface area contributed by atoms with E-state index in [0.29, 0.717) is 23.3 Å². The van der Waals surface area contributed by atoms with Crippen molar-refractivity contribution in [2.45, 2.75) is 32.4 Å². The lowest BCUT2D eigenvalue weighted by Crippen LogP contribution is -2.08. The molecule has 1 fully saturated rings. The fourth-order valence-electron chi connectivity index (χ4n) is 3.32. The molecule has 1 unspecified atom stereocenters. The molecule has 1 aromatic carbocycles. The van der Waals surface area contributed by atoms with Crippen molar-refractivity contribution in [1.82, 2.24) is 24.3 Å². The van der Waals surface area contributed by atoms with Crippen LogP contribution in [-0.2, 0) is 6.54 Å². The van der Waals surface area contributed by atoms with Crippen LogP contribution in [0.15, 0.2) is 24.5 Å².